The first-order valence-corrected chi connectivity index (χ1v) is 7.85. The smallest absolute Gasteiger partial charge is 0.322 e. The Morgan fingerprint density at radius 2 is 2.10 bits per heavy atom. The summed E-state index contributed by atoms with van der Waals surface area (Å²) < 4.78 is 11.6. The van der Waals surface area contributed by atoms with Crippen molar-refractivity contribution in [1.82, 2.24) is 0 Å². The molecule has 2 atom stereocenters. The molecular weight excluding hydrogens is 336 g/mol. The molecule has 114 valence electrons. The average Bonchev–Trinajstić information content (AvgIpc) is 2.48. The molecular formula is C16H19BrO4. The highest BCUT2D eigenvalue weighted by Crippen LogP contribution is 2.41. The van der Waals surface area contributed by atoms with Crippen molar-refractivity contribution in [2.45, 2.75) is 26.2 Å². The lowest BCUT2D eigenvalue weighted by Crippen LogP contribution is -2.51. The van der Waals surface area contributed by atoms with Gasteiger partial charge in [0.05, 0.1) is 19.8 Å². The van der Waals surface area contributed by atoms with Gasteiger partial charge in [0.15, 0.2) is 11.2 Å². The third kappa shape index (κ3) is 3.04. The summed E-state index contributed by atoms with van der Waals surface area (Å²) in [6.07, 6.45) is 0.250. The molecule has 2 unspecified atom stereocenters. The maximum absolute atomic E-state index is 12.5. The molecule has 21 heavy (non-hydrogen) atoms. The second-order valence-electron chi connectivity index (χ2n) is 5.19. The van der Waals surface area contributed by atoms with E-state index in [0.717, 1.165) is 10.0 Å². The summed E-state index contributed by atoms with van der Waals surface area (Å²) in [7, 11) is 0. The maximum Gasteiger partial charge on any atom is 0.322 e. The first-order valence-electron chi connectivity index (χ1n) is 7.06. The third-order valence-electron chi connectivity index (χ3n) is 4.05. The Kier molecular flexibility index (Phi) is 5.17. The molecule has 1 aromatic rings. The summed E-state index contributed by atoms with van der Waals surface area (Å²) in [6, 6.07) is 7.63. The minimum absolute atomic E-state index is 0.0852. The van der Waals surface area contributed by atoms with Crippen LogP contribution in [0.3, 0.4) is 0 Å². The van der Waals surface area contributed by atoms with Gasteiger partial charge in [-0.1, -0.05) is 35.0 Å². The number of esters is 1. The Morgan fingerprint density at radius 3 is 2.67 bits per heavy atom. The van der Waals surface area contributed by atoms with Crippen LogP contribution in [0, 0.1) is 5.41 Å². The molecule has 1 heterocycles. The van der Waals surface area contributed by atoms with Crippen LogP contribution in [0.1, 0.15) is 31.7 Å². The van der Waals surface area contributed by atoms with Crippen LogP contribution in [0.2, 0.25) is 0 Å². The van der Waals surface area contributed by atoms with Crippen molar-refractivity contribution < 1.29 is 19.1 Å². The molecule has 4 nitrogen and oxygen atoms in total. The fraction of sp³-hybridized carbons (Fsp3) is 0.500. The first-order chi connectivity index (χ1) is 10.0. The Balaban J connectivity index is 2.41. The van der Waals surface area contributed by atoms with E-state index in [4.69, 9.17) is 9.47 Å². The molecule has 5 heteroatoms. The van der Waals surface area contributed by atoms with Gasteiger partial charge in [0.2, 0.25) is 0 Å². The van der Waals surface area contributed by atoms with E-state index >= 15 is 0 Å². The summed E-state index contributed by atoms with van der Waals surface area (Å²) >= 11 is 3.39. The highest BCUT2D eigenvalue weighted by Gasteiger charge is 2.53. The largest absolute Gasteiger partial charge is 0.465 e. The van der Waals surface area contributed by atoms with Gasteiger partial charge in [0.25, 0.3) is 0 Å². The summed E-state index contributed by atoms with van der Waals surface area (Å²) in [5.41, 5.74) is -0.313. The van der Waals surface area contributed by atoms with Gasteiger partial charge >= 0.3 is 5.97 Å². The van der Waals surface area contributed by atoms with Gasteiger partial charge in [-0.15, -0.1) is 0 Å². The molecule has 0 radical (unpaired) electrons. The lowest BCUT2D eigenvalue weighted by molar-refractivity contribution is -0.171. The highest BCUT2D eigenvalue weighted by atomic mass is 79.9. The number of hydrogen-bond acceptors (Lipinski definition) is 4. The Hall–Kier alpha value is -1.20. The summed E-state index contributed by atoms with van der Waals surface area (Å²) in [5, 5.41) is 0. The SMILES string of the molecule is CCOC(=O)C1(C(C)c2ccc(Br)cc2)COCCC1=O. The van der Waals surface area contributed by atoms with Crippen LogP contribution in [0.25, 0.3) is 0 Å². The third-order valence-corrected chi connectivity index (χ3v) is 4.58. The van der Waals surface area contributed by atoms with Crippen LogP contribution < -0.4 is 0 Å². The highest BCUT2D eigenvalue weighted by molar-refractivity contribution is 9.10. The molecule has 0 N–H and O–H groups in total. The van der Waals surface area contributed by atoms with Crippen LogP contribution >= 0.6 is 15.9 Å². The van der Waals surface area contributed by atoms with E-state index in [2.05, 4.69) is 15.9 Å². The van der Waals surface area contributed by atoms with Gasteiger partial charge in [-0.3, -0.25) is 9.59 Å². The maximum atomic E-state index is 12.5. The average molecular weight is 355 g/mol. The zero-order valence-corrected chi connectivity index (χ0v) is 13.8. The molecule has 0 amide bonds. The Labute approximate surface area is 132 Å². The summed E-state index contributed by atoms with van der Waals surface area (Å²) in [6.45, 7) is 4.33. The zero-order chi connectivity index (χ0) is 15.5. The first kappa shape index (κ1) is 16.2. The number of carbonyl (C=O) groups is 2. The molecule has 0 saturated carbocycles. The van der Waals surface area contributed by atoms with Crippen molar-refractivity contribution in [3.05, 3.63) is 34.3 Å². The standard InChI is InChI=1S/C16H19BrO4/c1-3-21-15(19)16(10-20-9-8-14(16)18)11(2)12-4-6-13(17)7-5-12/h4-7,11H,3,8-10H2,1-2H3. The zero-order valence-electron chi connectivity index (χ0n) is 12.2. The predicted octanol–water partition coefficient (Wildman–Crippen LogP) is 3.09. The van der Waals surface area contributed by atoms with Gasteiger partial charge in [-0.2, -0.15) is 0 Å². The number of carbonyl (C=O) groups excluding carboxylic acids is 2. The van der Waals surface area contributed by atoms with Crippen LogP contribution in [0.5, 0.6) is 0 Å². The molecule has 2 rings (SSSR count). The molecule has 0 aliphatic carbocycles. The van der Waals surface area contributed by atoms with Crippen molar-refractivity contribution in [1.29, 1.82) is 0 Å². The number of ketones is 1. The van der Waals surface area contributed by atoms with Gasteiger partial charge in [-0.05, 0) is 24.6 Å². The van der Waals surface area contributed by atoms with E-state index < -0.39 is 11.4 Å². The second kappa shape index (κ2) is 6.71. The van der Waals surface area contributed by atoms with Crippen LogP contribution in [0.4, 0.5) is 0 Å². The number of hydrogen-bond donors (Lipinski definition) is 0. The van der Waals surface area contributed by atoms with Gasteiger partial charge in [-0.25, -0.2) is 0 Å². The minimum atomic E-state index is -1.23. The topological polar surface area (TPSA) is 52.6 Å². The molecule has 0 bridgehead atoms. The number of ether oxygens (including phenoxy) is 2. The molecule has 0 aromatic heterocycles. The molecule has 1 aliphatic heterocycles. The van der Waals surface area contributed by atoms with Crippen LogP contribution in [-0.4, -0.2) is 31.6 Å². The van der Waals surface area contributed by atoms with E-state index in [-0.39, 0.29) is 31.3 Å². The lowest BCUT2D eigenvalue weighted by Gasteiger charge is -2.38. The predicted molar refractivity (Wildman–Crippen MR) is 82.1 cm³/mol. The normalized spacial score (nSPS) is 23.7. The van der Waals surface area contributed by atoms with Crippen LogP contribution in [-0.2, 0) is 19.1 Å². The van der Waals surface area contributed by atoms with Gasteiger partial charge < -0.3 is 9.47 Å². The number of benzene rings is 1. The van der Waals surface area contributed by atoms with Crippen molar-refractivity contribution in [2.75, 3.05) is 19.8 Å². The van der Waals surface area contributed by atoms with E-state index in [1.54, 1.807) is 6.92 Å². The second-order valence-corrected chi connectivity index (χ2v) is 6.11. The van der Waals surface area contributed by atoms with Crippen molar-refractivity contribution in [2.24, 2.45) is 5.41 Å². The number of Topliss-reactive ketones (excluding diaryl/α,β-unsaturated/α-hetero) is 1. The number of halogens is 1. The van der Waals surface area contributed by atoms with E-state index in [1.807, 2.05) is 31.2 Å². The van der Waals surface area contributed by atoms with Crippen molar-refractivity contribution in [3.8, 4) is 0 Å². The van der Waals surface area contributed by atoms with Crippen molar-refractivity contribution in [3.63, 3.8) is 0 Å². The summed E-state index contributed by atoms with van der Waals surface area (Å²) in [4.78, 5) is 25.0. The van der Waals surface area contributed by atoms with Crippen LogP contribution in [0.15, 0.2) is 28.7 Å². The Bertz CT molecular complexity index is 526. The molecule has 1 aromatic carbocycles. The summed E-state index contributed by atoms with van der Waals surface area (Å²) in [5.74, 6) is -0.870. The molecule has 0 spiro atoms. The minimum Gasteiger partial charge on any atom is -0.465 e. The van der Waals surface area contributed by atoms with E-state index in [0.29, 0.717) is 6.61 Å². The Morgan fingerprint density at radius 1 is 1.43 bits per heavy atom. The van der Waals surface area contributed by atoms with Gasteiger partial charge in [0, 0.05) is 16.8 Å². The molecule has 1 saturated heterocycles. The fourth-order valence-corrected chi connectivity index (χ4v) is 2.98. The van der Waals surface area contributed by atoms with E-state index in [9.17, 15) is 9.59 Å². The fourth-order valence-electron chi connectivity index (χ4n) is 2.71. The van der Waals surface area contributed by atoms with Crippen molar-refractivity contribution >= 4 is 27.7 Å². The lowest BCUT2D eigenvalue weighted by atomic mass is 9.69. The number of rotatable bonds is 4. The quantitative estimate of drug-likeness (QED) is 0.615. The molecule has 1 fully saturated rings. The van der Waals surface area contributed by atoms with E-state index in [1.165, 1.54) is 0 Å². The monoisotopic (exact) mass is 354 g/mol. The molecule has 1 aliphatic rings. The van der Waals surface area contributed by atoms with Gasteiger partial charge in [0.1, 0.15) is 0 Å².